The molecule has 2 rings (SSSR count). The molecule has 1 saturated carbocycles. The molecule has 0 aliphatic heterocycles. The smallest absolute Gasteiger partial charge is 0.251 e. The number of rotatable bonds is 6. The van der Waals surface area contributed by atoms with Crippen LogP contribution in [0, 0.1) is 5.41 Å². The molecule has 1 fully saturated rings. The molecule has 1 aromatic carbocycles. The van der Waals surface area contributed by atoms with Crippen LogP contribution in [0.3, 0.4) is 0 Å². The highest BCUT2D eigenvalue weighted by molar-refractivity contribution is 7.97. The molecule has 4 heteroatoms. The average Bonchev–Trinajstić information content (AvgIpc) is 2.39. The van der Waals surface area contributed by atoms with E-state index in [1.165, 1.54) is 5.56 Å². The van der Waals surface area contributed by atoms with E-state index in [0.717, 1.165) is 25.0 Å². The highest BCUT2D eigenvalue weighted by atomic mass is 32.2. The van der Waals surface area contributed by atoms with Crippen molar-refractivity contribution >= 4 is 17.7 Å². The molecule has 0 aromatic heterocycles. The lowest BCUT2D eigenvalue weighted by Gasteiger charge is -2.40. The molecule has 1 aliphatic rings. The Hall–Kier alpha value is -1.00. The van der Waals surface area contributed by atoms with Crippen molar-refractivity contribution in [2.45, 2.75) is 25.0 Å². The normalized spacial score (nSPS) is 16.7. The van der Waals surface area contributed by atoms with E-state index >= 15 is 0 Å². The third-order valence-corrected chi connectivity index (χ3v) is 4.52. The zero-order valence-corrected chi connectivity index (χ0v) is 12.1. The van der Waals surface area contributed by atoms with E-state index in [1.807, 2.05) is 24.3 Å². The average molecular weight is 279 g/mol. The Balaban J connectivity index is 1.89. The van der Waals surface area contributed by atoms with Crippen LogP contribution in [0.25, 0.3) is 0 Å². The number of amides is 1. The zero-order valence-electron chi connectivity index (χ0n) is 11.3. The van der Waals surface area contributed by atoms with Crippen molar-refractivity contribution in [3.63, 3.8) is 0 Å². The van der Waals surface area contributed by atoms with Gasteiger partial charge in [-0.15, -0.1) is 0 Å². The second kappa shape index (κ2) is 6.44. The third-order valence-electron chi connectivity index (χ3n) is 3.90. The maximum absolute atomic E-state index is 12.0. The Morgan fingerprint density at radius 2 is 2.05 bits per heavy atom. The second-order valence-electron chi connectivity index (χ2n) is 5.32. The van der Waals surface area contributed by atoms with Crippen molar-refractivity contribution in [3.8, 4) is 0 Å². The molecule has 0 radical (unpaired) electrons. The molecule has 0 unspecified atom stereocenters. The Morgan fingerprint density at radius 3 is 2.53 bits per heavy atom. The van der Waals surface area contributed by atoms with Gasteiger partial charge in [0.15, 0.2) is 0 Å². The number of nitrogens with one attached hydrogen (secondary N) is 1. The number of hydrogen-bond acceptors (Lipinski definition) is 3. The summed E-state index contributed by atoms with van der Waals surface area (Å²) in [5.74, 6) is 0.922. The van der Waals surface area contributed by atoms with Gasteiger partial charge < -0.3 is 10.4 Å². The minimum Gasteiger partial charge on any atom is -0.396 e. The van der Waals surface area contributed by atoms with Gasteiger partial charge >= 0.3 is 0 Å². The first-order chi connectivity index (χ1) is 9.19. The van der Waals surface area contributed by atoms with E-state index in [0.29, 0.717) is 12.1 Å². The largest absolute Gasteiger partial charge is 0.396 e. The number of benzene rings is 1. The molecular formula is C15H21NO2S. The molecular weight excluding hydrogens is 258 g/mol. The Labute approximate surface area is 118 Å². The molecule has 19 heavy (non-hydrogen) atoms. The number of hydrogen-bond donors (Lipinski definition) is 2. The highest BCUT2D eigenvalue weighted by Crippen LogP contribution is 2.39. The van der Waals surface area contributed by atoms with E-state index in [9.17, 15) is 9.90 Å². The molecule has 0 spiro atoms. The van der Waals surface area contributed by atoms with E-state index in [2.05, 4.69) is 11.6 Å². The monoisotopic (exact) mass is 279 g/mol. The SMILES string of the molecule is CSCc1ccc(C(=O)NCC2(CO)CCC2)cc1. The molecule has 3 nitrogen and oxygen atoms in total. The summed E-state index contributed by atoms with van der Waals surface area (Å²) < 4.78 is 0. The fraction of sp³-hybridized carbons (Fsp3) is 0.533. The molecule has 1 aromatic rings. The summed E-state index contributed by atoms with van der Waals surface area (Å²) in [6.45, 7) is 0.745. The van der Waals surface area contributed by atoms with Crippen molar-refractivity contribution < 1.29 is 9.90 Å². The summed E-state index contributed by atoms with van der Waals surface area (Å²) in [6.07, 6.45) is 5.24. The van der Waals surface area contributed by atoms with Crippen LogP contribution in [0.5, 0.6) is 0 Å². The van der Waals surface area contributed by atoms with Crippen LogP contribution in [0.2, 0.25) is 0 Å². The number of aliphatic hydroxyl groups excluding tert-OH is 1. The summed E-state index contributed by atoms with van der Waals surface area (Å²) in [7, 11) is 0. The van der Waals surface area contributed by atoms with Gasteiger partial charge in [0.25, 0.3) is 5.91 Å². The molecule has 0 bridgehead atoms. The Bertz CT molecular complexity index is 421. The summed E-state index contributed by atoms with van der Waals surface area (Å²) in [4.78, 5) is 12.0. The predicted molar refractivity (Wildman–Crippen MR) is 79.4 cm³/mol. The summed E-state index contributed by atoms with van der Waals surface area (Å²) in [6, 6.07) is 7.73. The fourth-order valence-corrected chi connectivity index (χ4v) is 2.88. The van der Waals surface area contributed by atoms with Gasteiger partial charge in [-0.25, -0.2) is 0 Å². The highest BCUT2D eigenvalue weighted by Gasteiger charge is 2.36. The minimum absolute atomic E-state index is 0.0459. The van der Waals surface area contributed by atoms with Gasteiger partial charge in [-0.05, 0) is 36.8 Å². The van der Waals surface area contributed by atoms with Gasteiger partial charge in [0.05, 0.1) is 6.61 Å². The van der Waals surface area contributed by atoms with Crippen LogP contribution >= 0.6 is 11.8 Å². The van der Waals surface area contributed by atoms with Crippen LogP contribution in [-0.2, 0) is 5.75 Å². The number of carbonyl (C=O) groups is 1. The third kappa shape index (κ3) is 3.51. The van der Waals surface area contributed by atoms with Gasteiger partial charge in [0.2, 0.25) is 0 Å². The van der Waals surface area contributed by atoms with Gasteiger partial charge in [-0.3, -0.25) is 4.79 Å². The van der Waals surface area contributed by atoms with Crippen LogP contribution < -0.4 is 5.32 Å². The lowest BCUT2D eigenvalue weighted by Crippen LogP contribution is -2.44. The molecule has 104 valence electrons. The summed E-state index contributed by atoms with van der Waals surface area (Å²) >= 11 is 1.77. The molecule has 1 amide bonds. The van der Waals surface area contributed by atoms with Crippen molar-refractivity contribution in [2.24, 2.45) is 5.41 Å². The maximum atomic E-state index is 12.0. The van der Waals surface area contributed by atoms with Gasteiger partial charge in [-0.1, -0.05) is 18.6 Å². The van der Waals surface area contributed by atoms with E-state index in [-0.39, 0.29) is 17.9 Å². The van der Waals surface area contributed by atoms with Crippen LogP contribution in [0.1, 0.15) is 35.2 Å². The lowest BCUT2D eigenvalue weighted by molar-refractivity contribution is 0.0429. The molecule has 0 heterocycles. The first-order valence-corrected chi connectivity index (χ1v) is 8.05. The molecule has 1 aliphatic carbocycles. The van der Waals surface area contributed by atoms with Crippen molar-refractivity contribution in [1.82, 2.24) is 5.32 Å². The molecule has 0 saturated heterocycles. The van der Waals surface area contributed by atoms with Crippen LogP contribution in [0.15, 0.2) is 24.3 Å². The summed E-state index contributed by atoms with van der Waals surface area (Å²) in [5, 5.41) is 12.3. The first-order valence-electron chi connectivity index (χ1n) is 6.66. The maximum Gasteiger partial charge on any atom is 0.251 e. The first kappa shape index (κ1) is 14.4. The number of aliphatic hydroxyl groups is 1. The fourth-order valence-electron chi connectivity index (χ4n) is 2.36. The van der Waals surface area contributed by atoms with Gasteiger partial charge in [-0.2, -0.15) is 11.8 Å². The van der Waals surface area contributed by atoms with Crippen molar-refractivity contribution in [1.29, 1.82) is 0 Å². The second-order valence-corrected chi connectivity index (χ2v) is 6.19. The minimum atomic E-state index is -0.0611. The number of thioether (sulfide) groups is 1. The molecule has 2 N–H and O–H groups in total. The van der Waals surface area contributed by atoms with E-state index in [1.54, 1.807) is 11.8 Å². The van der Waals surface area contributed by atoms with Crippen molar-refractivity contribution in [2.75, 3.05) is 19.4 Å². The van der Waals surface area contributed by atoms with E-state index < -0.39 is 0 Å². The standard InChI is InChI=1S/C15H21NO2S/c1-19-9-12-3-5-13(6-4-12)14(18)16-10-15(11-17)7-2-8-15/h3-6,17H,2,7-11H2,1H3,(H,16,18). The van der Waals surface area contributed by atoms with Crippen molar-refractivity contribution in [3.05, 3.63) is 35.4 Å². The quantitative estimate of drug-likeness (QED) is 0.841. The zero-order chi connectivity index (χ0) is 13.7. The van der Waals surface area contributed by atoms with Crippen LogP contribution in [0.4, 0.5) is 0 Å². The Kier molecular flexibility index (Phi) is 4.88. The topological polar surface area (TPSA) is 49.3 Å². The number of carbonyl (C=O) groups excluding carboxylic acids is 1. The van der Waals surface area contributed by atoms with Gasteiger partial charge in [0, 0.05) is 23.3 Å². The van der Waals surface area contributed by atoms with Gasteiger partial charge in [0.1, 0.15) is 0 Å². The molecule has 0 atom stereocenters. The predicted octanol–water partition coefficient (Wildman–Crippen LogP) is 2.44. The lowest BCUT2D eigenvalue weighted by atomic mass is 9.69. The summed E-state index contributed by atoms with van der Waals surface area (Å²) in [5.41, 5.74) is 1.86. The van der Waals surface area contributed by atoms with Crippen LogP contribution in [-0.4, -0.2) is 30.4 Å². The van der Waals surface area contributed by atoms with E-state index in [4.69, 9.17) is 0 Å². The Morgan fingerprint density at radius 1 is 1.37 bits per heavy atom.